The molecule has 0 saturated heterocycles. The summed E-state index contributed by atoms with van der Waals surface area (Å²) in [5, 5.41) is 12.2. The minimum atomic E-state index is -0.942. The normalized spacial score (nSPS) is 15.1. The molecule has 0 heterocycles. The number of rotatable bonds is 7. The van der Waals surface area contributed by atoms with Crippen molar-refractivity contribution < 1.29 is 19.5 Å². The molecule has 148 valence electrons. The highest BCUT2D eigenvalue weighted by Crippen LogP contribution is 2.31. The van der Waals surface area contributed by atoms with Gasteiger partial charge in [0.2, 0.25) is 5.91 Å². The van der Waals surface area contributed by atoms with Gasteiger partial charge >= 0.3 is 5.97 Å². The van der Waals surface area contributed by atoms with Gasteiger partial charge in [-0.2, -0.15) is 0 Å². The summed E-state index contributed by atoms with van der Waals surface area (Å²) in [6.45, 7) is 7.63. The predicted molar refractivity (Wildman–Crippen MR) is 105 cm³/mol. The van der Waals surface area contributed by atoms with Crippen molar-refractivity contribution in [2.75, 3.05) is 11.9 Å². The number of halogens is 1. The molecule has 1 aliphatic rings. The molecule has 1 fully saturated rings. The highest BCUT2D eigenvalue weighted by molar-refractivity contribution is 6.34. The number of amides is 2. The fraction of sp³-hybridized carbons (Fsp3) is 0.550. The van der Waals surface area contributed by atoms with Crippen molar-refractivity contribution >= 4 is 35.1 Å². The number of carbonyl (C=O) groups is 3. The zero-order valence-corrected chi connectivity index (χ0v) is 17.0. The van der Waals surface area contributed by atoms with Crippen molar-refractivity contribution in [2.24, 2.45) is 11.3 Å². The Morgan fingerprint density at radius 3 is 2.44 bits per heavy atom. The fourth-order valence-electron chi connectivity index (χ4n) is 2.77. The molecule has 1 aliphatic carbocycles. The van der Waals surface area contributed by atoms with Crippen LogP contribution in [0.4, 0.5) is 5.69 Å². The Morgan fingerprint density at radius 1 is 1.30 bits per heavy atom. The summed E-state index contributed by atoms with van der Waals surface area (Å²) in [7, 11) is 0. The third-order valence-electron chi connectivity index (χ3n) is 4.31. The van der Waals surface area contributed by atoms with Gasteiger partial charge in [0.05, 0.1) is 16.5 Å². The number of nitrogens with one attached hydrogen (secondary N) is 1. The van der Waals surface area contributed by atoms with Crippen LogP contribution in [0.3, 0.4) is 0 Å². The molecule has 0 aromatic heterocycles. The molecule has 6 nitrogen and oxygen atoms in total. The van der Waals surface area contributed by atoms with Gasteiger partial charge in [-0.15, -0.1) is 0 Å². The van der Waals surface area contributed by atoms with Gasteiger partial charge in [-0.25, -0.2) is 0 Å². The molecule has 2 N–H and O–H groups in total. The highest BCUT2D eigenvalue weighted by atomic mass is 35.5. The fourth-order valence-corrected chi connectivity index (χ4v) is 2.96. The van der Waals surface area contributed by atoms with Gasteiger partial charge in [-0.3, -0.25) is 14.4 Å². The summed E-state index contributed by atoms with van der Waals surface area (Å²) < 4.78 is 0. The van der Waals surface area contributed by atoms with E-state index < -0.39 is 11.9 Å². The molecule has 2 rings (SSSR count). The van der Waals surface area contributed by atoms with E-state index in [-0.39, 0.29) is 40.4 Å². The van der Waals surface area contributed by atoms with Gasteiger partial charge in [0.15, 0.2) is 0 Å². The first kappa shape index (κ1) is 21.2. The number of hydrogen-bond donors (Lipinski definition) is 2. The molecule has 0 spiro atoms. The van der Waals surface area contributed by atoms with E-state index in [4.69, 9.17) is 16.7 Å². The lowest BCUT2D eigenvalue weighted by atomic mass is 9.92. The molecule has 1 aromatic carbocycles. The number of carbonyl (C=O) groups excluding carboxylic acids is 2. The molecule has 1 saturated carbocycles. The first-order valence-electron chi connectivity index (χ1n) is 9.11. The largest absolute Gasteiger partial charge is 0.481 e. The van der Waals surface area contributed by atoms with Crippen molar-refractivity contribution in [2.45, 2.75) is 53.0 Å². The van der Waals surface area contributed by atoms with Crippen LogP contribution in [0.25, 0.3) is 0 Å². The summed E-state index contributed by atoms with van der Waals surface area (Å²) in [6.07, 6.45) is 2.07. The SMILES string of the molecule is CC(CN(C(=O)c1cc(NC(=O)CC(C)(C)C)ccc1Cl)C1CC1)C(=O)O. The first-order chi connectivity index (χ1) is 12.5. The van der Waals surface area contributed by atoms with Gasteiger partial charge in [-0.1, -0.05) is 39.3 Å². The van der Waals surface area contributed by atoms with Gasteiger partial charge < -0.3 is 15.3 Å². The van der Waals surface area contributed by atoms with E-state index in [1.54, 1.807) is 30.0 Å². The van der Waals surface area contributed by atoms with E-state index in [2.05, 4.69) is 5.32 Å². The Kier molecular flexibility index (Phi) is 6.52. The molecule has 1 aromatic rings. The minimum absolute atomic E-state index is 0.0505. The Morgan fingerprint density at radius 2 is 1.93 bits per heavy atom. The lowest BCUT2D eigenvalue weighted by Crippen LogP contribution is -2.38. The maximum Gasteiger partial charge on any atom is 0.308 e. The average Bonchev–Trinajstić information content (AvgIpc) is 3.36. The zero-order chi connectivity index (χ0) is 20.4. The number of carboxylic acid groups (broad SMARTS) is 1. The van der Waals surface area contributed by atoms with Crippen molar-refractivity contribution in [1.29, 1.82) is 0 Å². The molecule has 0 bridgehead atoms. The molecular weight excluding hydrogens is 368 g/mol. The summed E-state index contributed by atoms with van der Waals surface area (Å²) >= 11 is 6.23. The van der Waals surface area contributed by atoms with Crippen LogP contribution in [0.2, 0.25) is 5.02 Å². The van der Waals surface area contributed by atoms with Gasteiger partial charge in [0.25, 0.3) is 5.91 Å². The molecule has 0 radical (unpaired) electrons. The summed E-state index contributed by atoms with van der Waals surface area (Å²) in [4.78, 5) is 37.9. The standard InChI is InChI=1S/C20H27ClN2O4/c1-12(19(26)27)11-23(14-6-7-14)18(25)15-9-13(5-8-16(15)21)22-17(24)10-20(2,3)4/h5,8-9,12,14H,6-7,10-11H2,1-4H3,(H,22,24)(H,26,27). The van der Waals surface area contributed by atoms with Crippen molar-refractivity contribution in [1.82, 2.24) is 4.90 Å². The number of aliphatic carboxylic acids is 1. The van der Waals surface area contributed by atoms with Crippen LogP contribution in [0, 0.1) is 11.3 Å². The molecule has 7 heteroatoms. The summed E-state index contributed by atoms with van der Waals surface area (Å²) in [5.41, 5.74) is 0.624. The van der Waals surface area contributed by atoms with E-state index >= 15 is 0 Å². The van der Waals surface area contributed by atoms with Crippen molar-refractivity contribution in [3.8, 4) is 0 Å². The zero-order valence-electron chi connectivity index (χ0n) is 16.2. The van der Waals surface area contributed by atoms with Gasteiger partial charge in [-0.05, 0) is 36.5 Å². The van der Waals surface area contributed by atoms with E-state index in [0.717, 1.165) is 12.8 Å². The molecule has 1 atom stereocenters. The number of benzene rings is 1. The number of nitrogens with zero attached hydrogens (tertiary/aromatic N) is 1. The van der Waals surface area contributed by atoms with E-state index in [9.17, 15) is 14.4 Å². The van der Waals surface area contributed by atoms with Crippen LogP contribution in [0.5, 0.6) is 0 Å². The maximum absolute atomic E-state index is 13.0. The Labute approximate surface area is 164 Å². The molecule has 27 heavy (non-hydrogen) atoms. The topological polar surface area (TPSA) is 86.7 Å². The third kappa shape index (κ3) is 6.24. The molecule has 2 amide bonds. The molecule has 1 unspecified atom stereocenters. The van der Waals surface area contributed by atoms with Crippen molar-refractivity contribution in [3.05, 3.63) is 28.8 Å². The van der Waals surface area contributed by atoms with Crippen LogP contribution in [0.1, 0.15) is 57.3 Å². The first-order valence-corrected chi connectivity index (χ1v) is 9.49. The van der Waals surface area contributed by atoms with E-state index in [1.165, 1.54) is 0 Å². The quantitative estimate of drug-likeness (QED) is 0.730. The average molecular weight is 395 g/mol. The van der Waals surface area contributed by atoms with Crippen LogP contribution in [0.15, 0.2) is 18.2 Å². The van der Waals surface area contributed by atoms with Crippen molar-refractivity contribution in [3.63, 3.8) is 0 Å². The van der Waals surface area contributed by atoms with E-state index in [0.29, 0.717) is 12.1 Å². The Balaban J connectivity index is 2.19. The van der Waals surface area contributed by atoms with Crippen LogP contribution < -0.4 is 5.32 Å². The lowest BCUT2D eigenvalue weighted by Gasteiger charge is -2.25. The summed E-state index contributed by atoms with van der Waals surface area (Å²) in [5.74, 6) is -2.05. The van der Waals surface area contributed by atoms with Gasteiger partial charge in [0.1, 0.15) is 0 Å². The smallest absolute Gasteiger partial charge is 0.308 e. The summed E-state index contributed by atoms with van der Waals surface area (Å²) in [6, 6.07) is 4.84. The second-order valence-corrected chi connectivity index (χ2v) is 8.82. The van der Waals surface area contributed by atoms with E-state index in [1.807, 2.05) is 20.8 Å². The predicted octanol–water partition coefficient (Wildman–Crippen LogP) is 4.04. The molecule has 0 aliphatic heterocycles. The van der Waals surface area contributed by atoms with Crippen LogP contribution in [-0.4, -0.2) is 40.4 Å². The maximum atomic E-state index is 13.0. The second-order valence-electron chi connectivity index (χ2n) is 8.41. The Bertz CT molecular complexity index is 738. The van der Waals surface area contributed by atoms with Crippen LogP contribution >= 0.6 is 11.6 Å². The number of carboxylic acids is 1. The highest BCUT2D eigenvalue weighted by Gasteiger charge is 2.35. The minimum Gasteiger partial charge on any atom is -0.481 e. The monoisotopic (exact) mass is 394 g/mol. The second kappa shape index (κ2) is 8.30. The number of anilines is 1. The lowest BCUT2D eigenvalue weighted by molar-refractivity contribution is -0.141. The van der Waals surface area contributed by atoms with Gasteiger partial charge in [0, 0.05) is 24.7 Å². The Hall–Kier alpha value is -2.08. The molecular formula is C20H27ClN2O4. The number of hydrogen-bond acceptors (Lipinski definition) is 3. The third-order valence-corrected chi connectivity index (χ3v) is 4.64. The van der Waals surface area contributed by atoms with Crippen LogP contribution in [-0.2, 0) is 9.59 Å².